The van der Waals surface area contributed by atoms with E-state index in [1.807, 2.05) is 44.2 Å². The third kappa shape index (κ3) is 6.07. The number of hydrogen-bond donors (Lipinski definition) is 1. The van der Waals surface area contributed by atoms with E-state index in [0.29, 0.717) is 11.3 Å². The molecule has 0 saturated heterocycles. The van der Waals surface area contributed by atoms with Crippen LogP contribution >= 0.6 is 0 Å². The molecule has 0 bridgehead atoms. The molecule has 0 aliphatic carbocycles. The van der Waals surface area contributed by atoms with Crippen molar-refractivity contribution in [3.05, 3.63) is 65.7 Å². The summed E-state index contributed by atoms with van der Waals surface area (Å²) in [6.45, 7) is 3.98. The molecule has 25 heavy (non-hydrogen) atoms. The molecule has 0 unspecified atom stereocenters. The number of rotatable bonds is 8. The smallest absolute Gasteiger partial charge is 0.220 e. The predicted molar refractivity (Wildman–Crippen MR) is 98.9 cm³/mol. The van der Waals surface area contributed by atoms with Crippen LogP contribution in [0.15, 0.2) is 54.6 Å². The van der Waals surface area contributed by atoms with Crippen molar-refractivity contribution in [2.45, 2.75) is 38.6 Å². The molecule has 0 heterocycles. The van der Waals surface area contributed by atoms with Crippen LogP contribution in [-0.2, 0) is 11.2 Å². The normalized spacial score (nSPS) is 11.0. The zero-order valence-corrected chi connectivity index (χ0v) is 15.0. The van der Waals surface area contributed by atoms with Crippen molar-refractivity contribution < 1.29 is 14.3 Å². The minimum Gasteiger partial charge on any atom is -0.497 e. The molecule has 2 aromatic carbocycles. The number of Topliss-reactive ketones (excluding diaryl/α,β-unsaturated/α-hetero) is 1. The van der Waals surface area contributed by atoms with E-state index in [2.05, 4.69) is 5.32 Å². The second-order valence-electron chi connectivity index (χ2n) is 6.75. The van der Waals surface area contributed by atoms with E-state index >= 15 is 0 Å². The van der Waals surface area contributed by atoms with Crippen molar-refractivity contribution in [1.29, 1.82) is 0 Å². The molecule has 4 nitrogen and oxygen atoms in total. The third-order valence-corrected chi connectivity index (χ3v) is 3.96. The van der Waals surface area contributed by atoms with Crippen LogP contribution in [0.1, 0.15) is 42.6 Å². The summed E-state index contributed by atoms with van der Waals surface area (Å²) < 4.78 is 5.08. The monoisotopic (exact) mass is 339 g/mol. The lowest BCUT2D eigenvalue weighted by Crippen LogP contribution is -2.45. The van der Waals surface area contributed by atoms with Gasteiger partial charge in [0.2, 0.25) is 5.91 Å². The molecule has 132 valence electrons. The fourth-order valence-electron chi connectivity index (χ4n) is 2.74. The molecule has 1 amide bonds. The number of benzene rings is 2. The molecule has 2 aromatic rings. The van der Waals surface area contributed by atoms with Gasteiger partial charge in [0.05, 0.1) is 7.11 Å². The maximum Gasteiger partial charge on any atom is 0.220 e. The summed E-state index contributed by atoms with van der Waals surface area (Å²) in [7, 11) is 1.58. The molecular formula is C21H25NO3. The van der Waals surface area contributed by atoms with Crippen LogP contribution in [0, 0.1) is 0 Å². The highest BCUT2D eigenvalue weighted by Crippen LogP contribution is 2.15. The Morgan fingerprint density at radius 1 is 0.960 bits per heavy atom. The lowest BCUT2D eigenvalue weighted by molar-refractivity contribution is -0.122. The first-order chi connectivity index (χ1) is 11.9. The van der Waals surface area contributed by atoms with Gasteiger partial charge in [-0.2, -0.15) is 0 Å². The molecule has 2 rings (SSSR count). The number of carbonyl (C=O) groups is 2. The highest BCUT2D eigenvalue weighted by Gasteiger charge is 2.21. The summed E-state index contributed by atoms with van der Waals surface area (Å²) in [5, 5.41) is 3.02. The van der Waals surface area contributed by atoms with Crippen LogP contribution in [0.4, 0.5) is 0 Å². The van der Waals surface area contributed by atoms with Gasteiger partial charge in [0.25, 0.3) is 0 Å². The van der Waals surface area contributed by atoms with Gasteiger partial charge in [0.1, 0.15) is 5.75 Å². The van der Waals surface area contributed by atoms with Crippen LogP contribution in [0.2, 0.25) is 0 Å². The lowest BCUT2D eigenvalue weighted by atomic mass is 9.94. The Morgan fingerprint density at radius 3 is 2.20 bits per heavy atom. The first-order valence-electron chi connectivity index (χ1n) is 8.42. The number of ketones is 1. The third-order valence-electron chi connectivity index (χ3n) is 3.96. The summed E-state index contributed by atoms with van der Waals surface area (Å²) in [5.74, 6) is 0.554. The summed E-state index contributed by atoms with van der Waals surface area (Å²) >= 11 is 0. The average Bonchev–Trinajstić information content (AvgIpc) is 2.59. The van der Waals surface area contributed by atoms with Gasteiger partial charge in [-0.15, -0.1) is 0 Å². The standard InChI is InChI=1S/C21H25NO3/c1-21(2,15-16-7-5-4-6-8-16)22-20(24)14-13-19(23)17-9-11-18(25-3)12-10-17/h4-12H,13-15H2,1-3H3,(H,22,24). The van der Waals surface area contributed by atoms with Crippen LogP contribution in [0.3, 0.4) is 0 Å². The maximum atomic E-state index is 12.2. The second kappa shape index (κ2) is 8.47. The Hall–Kier alpha value is -2.62. The number of nitrogens with one attached hydrogen (secondary N) is 1. The fraction of sp³-hybridized carbons (Fsp3) is 0.333. The molecule has 0 spiro atoms. The SMILES string of the molecule is COc1ccc(C(=O)CCC(=O)NC(C)(C)Cc2ccccc2)cc1. The molecule has 4 heteroatoms. The second-order valence-corrected chi connectivity index (χ2v) is 6.75. The van der Waals surface area contributed by atoms with Crippen LogP contribution in [-0.4, -0.2) is 24.3 Å². The quantitative estimate of drug-likeness (QED) is 0.744. The van der Waals surface area contributed by atoms with E-state index in [-0.39, 0.29) is 30.1 Å². The van der Waals surface area contributed by atoms with Crippen LogP contribution in [0.5, 0.6) is 5.75 Å². The Kier molecular flexibility index (Phi) is 6.34. The van der Waals surface area contributed by atoms with Crippen molar-refractivity contribution in [2.24, 2.45) is 0 Å². The number of amides is 1. The number of hydrogen-bond acceptors (Lipinski definition) is 3. The molecule has 0 aromatic heterocycles. The van der Waals surface area contributed by atoms with Gasteiger partial charge in [-0.25, -0.2) is 0 Å². The van der Waals surface area contributed by atoms with Gasteiger partial charge in [-0.3, -0.25) is 9.59 Å². The molecule has 1 N–H and O–H groups in total. The highest BCUT2D eigenvalue weighted by atomic mass is 16.5. The van der Waals surface area contributed by atoms with Gasteiger partial charge in [0, 0.05) is 23.9 Å². The highest BCUT2D eigenvalue weighted by molar-refractivity contribution is 5.98. The lowest BCUT2D eigenvalue weighted by Gasteiger charge is -2.26. The first kappa shape index (κ1) is 18.7. The van der Waals surface area contributed by atoms with Crippen molar-refractivity contribution in [2.75, 3.05) is 7.11 Å². The Labute approximate surface area is 149 Å². The van der Waals surface area contributed by atoms with Crippen LogP contribution < -0.4 is 10.1 Å². The summed E-state index contributed by atoms with van der Waals surface area (Å²) in [6.07, 6.45) is 1.12. The van der Waals surface area contributed by atoms with Crippen molar-refractivity contribution in [1.82, 2.24) is 5.32 Å². The number of ether oxygens (including phenoxy) is 1. The van der Waals surface area contributed by atoms with Crippen molar-refractivity contribution in [3.8, 4) is 5.75 Å². The fourth-order valence-corrected chi connectivity index (χ4v) is 2.74. The molecule has 0 aliphatic heterocycles. The summed E-state index contributed by atoms with van der Waals surface area (Å²) in [6, 6.07) is 17.0. The van der Waals surface area contributed by atoms with Gasteiger partial charge in [0.15, 0.2) is 5.78 Å². The van der Waals surface area contributed by atoms with E-state index in [1.54, 1.807) is 31.4 Å². The maximum absolute atomic E-state index is 12.2. The number of carbonyl (C=O) groups excluding carboxylic acids is 2. The predicted octanol–water partition coefficient (Wildman–Crippen LogP) is 3.80. The Morgan fingerprint density at radius 2 is 1.60 bits per heavy atom. The van der Waals surface area contributed by atoms with Gasteiger partial charge in [-0.05, 0) is 50.1 Å². The molecule has 0 atom stereocenters. The van der Waals surface area contributed by atoms with E-state index in [4.69, 9.17) is 4.74 Å². The average molecular weight is 339 g/mol. The summed E-state index contributed by atoms with van der Waals surface area (Å²) in [4.78, 5) is 24.4. The van der Waals surface area contributed by atoms with E-state index < -0.39 is 0 Å². The molecule has 0 saturated carbocycles. The molecule has 0 radical (unpaired) electrons. The number of methoxy groups -OCH3 is 1. The Balaban J connectivity index is 1.83. The minimum atomic E-state index is -0.360. The van der Waals surface area contributed by atoms with E-state index in [1.165, 1.54) is 5.56 Å². The zero-order valence-electron chi connectivity index (χ0n) is 15.0. The van der Waals surface area contributed by atoms with Crippen LogP contribution in [0.25, 0.3) is 0 Å². The molecular weight excluding hydrogens is 314 g/mol. The van der Waals surface area contributed by atoms with E-state index in [0.717, 1.165) is 6.42 Å². The van der Waals surface area contributed by atoms with Crippen molar-refractivity contribution in [3.63, 3.8) is 0 Å². The summed E-state index contributed by atoms with van der Waals surface area (Å²) in [5.41, 5.74) is 1.40. The van der Waals surface area contributed by atoms with Gasteiger partial charge < -0.3 is 10.1 Å². The first-order valence-corrected chi connectivity index (χ1v) is 8.42. The molecule has 0 aliphatic rings. The van der Waals surface area contributed by atoms with E-state index in [9.17, 15) is 9.59 Å². The molecule has 0 fully saturated rings. The zero-order chi connectivity index (χ0) is 18.3. The van der Waals surface area contributed by atoms with Gasteiger partial charge in [-0.1, -0.05) is 30.3 Å². The van der Waals surface area contributed by atoms with Gasteiger partial charge >= 0.3 is 0 Å². The Bertz CT molecular complexity index is 706. The van der Waals surface area contributed by atoms with Crippen molar-refractivity contribution >= 4 is 11.7 Å². The minimum absolute atomic E-state index is 0.0429. The topological polar surface area (TPSA) is 55.4 Å². The largest absolute Gasteiger partial charge is 0.497 e.